The molecule has 3 N–H and O–H groups in total. The van der Waals surface area contributed by atoms with Gasteiger partial charge in [0.05, 0.1) is 28.2 Å². The Morgan fingerprint density at radius 1 is 0.892 bits per heavy atom. The highest BCUT2D eigenvalue weighted by Crippen LogP contribution is 2.55. The first kappa shape index (κ1) is 24.5. The number of carbonyl (C=O) groups is 3. The number of rotatable bonds is 3. The van der Waals surface area contributed by atoms with Gasteiger partial charge in [-0.25, -0.2) is 4.90 Å². The van der Waals surface area contributed by atoms with Crippen LogP contribution in [0.3, 0.4) is 0 Å². The summed E-state index contributed by atoms with van der Waals surface area (Å²) in [4.78, 5) is 42.7. The largest absolute Gasteiger partial charge is 0.508 e. The predicted octanol–water partition coefficient (Wildman–Crippen LogP) is 5.17. The number of hydrogen-bond donors (Lipinski definition) is 3. The van der Waals surface area contributed by atoms with Gasteiger partial charge in [0.25, 0.3) is 0 Å². The number of anilines is 2. The maximum absolute atomic E-state index is 14.1. The second kappa shape index (κ2) is 8.61. The standard InChI is InChI=1S/C26H17Cl4N3O4/c27-12-6-13(28)8-15(7-12)33-23(35)20-19(5-11-2-1-3-16(34)4-11)32-26(21(20)24(33)36)17-9-14(29)10-18(30)22(17)31-25(26)37/h1-4,6-10,19-21,32,34H,5H2,(H,31,37). The molecule has 3 aromatic carbocycles. The molecule has 3 aromatic rings. The highest BCUT2D eigenvalue weighted by Gasteiger charge is 2.70. The van der Waals surface area contributed by atoms with Crippen LogP contribution in [0.2, 0.25) is 20.1 Å². The van der Waals surface area contributed by atoms with Gasteiger partial charge in [0.2, 0.25) is 17.7 Å². The van der Waals surface area contributed by atoms with Gasteiger partial charge in [-0.2, -0.15) is 0 Å². The van der Waals surface area contributed by atoms with E-state index in [0.717, 1.165) is 10.5 Å². The van der Waals surface area contributed by atoms with E-state index in [0.29, 0.717) is 11.3 Å². The Morgan fingerprint density at radius 2 is 1.59 bits per heavy atom. The van der Waals surface area contributed by atoms with E-state index in [-0.39, 0.29) is 37.9 Å². The third-order valence-corrected chi connectivity index (χ3v) is 8.17. The molecule has 4 atom stereocenters. The highest BCUT2D eigenvalue weighted by molar-refractivity contribution is 6.38. The maximum Gasteiger partial charge on any atom is 0.250 e. The molecule has 6 rings (SSSR count). The Hall–Kier alpha value is -2.81. The van der Waals surface area contributed by atoms with Gasteiger partial charge in [0.1, 0.15) is 11.3 Å². The van der Waals surface area contributed by atoms with Crippen molar-refractivity contribution in [2.45, 2.75) is 18.0 Å². The van der Waals surface area contributed by atoms with Crippen molar-refractivity contribution in [2.75, 3.05) is 10.2 Å². The summed E-state index contributed by atoms with van der Waals surface area (Å²) >= 11 is 25.1. The number of fused-ring (bicyclic) bond motifs is 4. The minimum Gasteiger partial charge on any atom is -0.508 e. The number of nitrogens with zero attached hydrogens (tertiary/aromatic N) is 1. The highest BCUT2D eigenvalue weighted by atomic mass is 35.5. The van der Waals surface area contributed by atoms with Crippen LogP contribution in [0.1, 0.15) is 11.1 Å². The van der Waals surface area contributed by atoms with Crippen LogP contribution in [-0.2, 0) is 26.3 Å². The number of halogens is 4. The van der Waals surface area contributed by atoms with E-state index in [1.54, 1.807) is 24.3 Å². The Labute approximate surface area is 231 Å². The smallest absolute Gasteiger partial charge is 0.250 e. The van der Waals surface area contributed by atoms with Crippen LogP contribution in [0.4, 0.5) is 11.4 Å². The molecule has 0 aromatic heterocycles. The van der Waals surface area contributed by atoms with Gasteiger partial charge in [-0.3, -0.25) is 19.7 Å². The lowest BCUT2D eigenvalue weighted by Crippen LogP contribution is -2.53. The lowest BCUT2D eigenvalue weighted by atomic mass is 9.76. The molecule has 37 heavy (non-hydrogen) atoms. The molecular formula is C26H17Cl4N3O4. The number of nitrogens with one attached hydrogen (secondary N) is 2. The number of hydrogen-bond acceptors (Lipinski definition) is 5. The van der Waals surface area contributed by atoms with Crippen molar-refractivity contribution >= 4 is 75.5 Å². The van der Waals surface area contributed by atoms with E-state index >= 15 is 0 Å². The quantitative estimate of drug-likeness (QED) is 0.373. The van der Waals surface area contributed by atoms with Crippen molar-refractivity contribution in [2.24, 2.45) is 11.8 Å². The van der Waals surface area contributed by atoms with Gasteiger partial charge in [-0.05, 0) is 54.4 Å². The molecule has 0 saturated carbocycles. The summed E-state index contributed by atoms with van der Waals surface area (Å²) < 4.78 is 0. The SMILES string of the molecule is O=C1C2C(Cc3cccc(O)c3)NC3(C(=O)Nc4c(Cl)cc(Cl)cc43)C2C(=O)N1c1cc(Cl)cc(Cl)c1. The fourth-order valence-electron chi connectivity index (χ4n) is 5.86. The molecule has 2 fully saturated rings. The molecule has 0 radical (unpaired) electrons. The van der Waals surface area contributed by atoms with Gasteiger partial charge >= 0.3 is 0 Å². The molecule has 1 spiro atoms. The summed E-state index contributed by atoms with van der Waals surface area (Å²) in [6.07, 6.45) is 0.261. The van der Waals surface area contributed by atoms with Crippen molar-refractivity contribution in [3.8, 4) is 5.75 Å². The Balaban J connectivity index is 1.53. The molecule has 7 nitrogen and oxygen atoms in total. The average Bonchev–Trinajstić information content (AvgIpc) is 3.38. The molecule has 3 heterocycles. The Morgan fingerprint density at radius 3 is 2.30 bits per heavy atom. The number of imide groups is 1. The number of aromatic hydroxyl groups is 1. The molecular weight excluding hydrogens is 560 g/mol. The fourth-order valence-corrected chi connectivity index (χ4v) is 6.92. The van der Waals surface area contributed by atoms with Gasteiger partial charge in [-0.15, -0.1) is 0 Å². The molecule has 2 saturated heterocycles. The van der Waals surface area contributed by atoms with Crippen molar-refractivity contribution in [1.29, 1.82) is 0 Å². The van der Waals surface area contributed by atoms with Gasteiger partial charge in [-0.1, -0.05) is 58.5 Å². The lowest BCUT2D eigenvalue weighted by molar-refractivity contribution is -0.130. The van der Waals surface area contributed by atoms with Crippen molar-refractivity contribution in [1.82, 2.24) is 5.32 Å². The summed E-state index contributed by atoms with van der Waals surface area (Å²) in [5.74, 6) is -3.52. The molecule has 3 amide bonds. The Kier molecular flexibility index (Phi) is 5.71. The molecule has 11 heteroatoms. The van der Waals surface area contributed by atoms with Crippen LogP contribution in [0.15, 0.2) is 54.6 Å². The normalized spacial score (nSPS) is 26.1. The number of phenols is 1. The first-order valence-corrected chi connectivity index (χ1v) is 12.8. The molecule has 3 aliphatic rings. The Bertz CT molecular complexity index is 1510. The van der Waals surface area contributed by atoms with Crippen LogP contribution in [0.25, 0.3) is 0 Å². The van der Waals surface area contributed by atoms with Crippen LogP contribution in [0, 0.1) is 11.8 Å². The van der Waals surface area contributed by atoms with Gasteiger partial charge < -0.3 is 10.4 Å². The van der Waals surface area contributed by atoms with Crippen molar-refractivity contribution < 1.29 is 19.5 Å². The minimum atomic E-state index is -1.60. The maximum atomic E-state index is 14.1. The number of carbonyl (C=O) groups excluding carboxylic acids is 3. The van der Waals surface area contributed by atoms with E-state index in [1.807, 2.05) is 0 Å². The average molecular weight is 577 g/mol. The predicted molar refractivity (Wildman–Crippen MR) is 141 cm³/mol. The zero-order chi connectivity index (χ0) is 26.2. The van der Waals surface area contributed by atoms with Gasteiger partial charge in [0, 0.05) is 26.7 Å². The van der Waals surface area contributed by atoms with E-state index in [1.165, 1.54) is 30.3 Å². The summed E-state index contributed by atoms with van der Waals surface area (Å²) in [6.45, 7) is 0. The van der Waals surface area contributed by atoms with E-state index in [4.69, 9.17) is 46.4 Å². The van der Waals surface area contributed by atoms with E-state index < -0.39 is 41.1 Å². The molecule has 0 aliphatic carbocycles. The first-order chi connectivity index (χ1) is 17.6. The molecule has 188 valence electrons. The summed E-state index contributed by atoms with van der Waals surface area (Å²) in [7, 11) is 0. The third-order valence-electron chi connectivity index (χ3n) is 7.21. The topological polar surface area (TPSA) is 98.7 Å². The molecule has 3 aliphatic heterocycles. The van der Waals surface area contributed by atoms with Crippen LogP contribution >= 0.6 is 46.4 Å². The zero-order valence-corrected chi connectivity index (χ0v) is 21.8. The monoisotopic (exact) mass is 575 g/mol. The number of phenolic OH excluding ortho intramolecular Hbond substituents is 1. The van der Waals surface area contributed by atoms with E-state index in [2.05, 4.69) is 10.6 Å². The molecule has 4 unspecified atom stereocenters. The van der Waals surface area contributed by atoms with E-state index in [9.17, 15) is 19.5 Å². The van der Waals surface area contributed by atoms with Gasteiger partial charge in [0.15, 0.2) is 0 Å². The number of amides is 3. The minimum absolute atomic E-state index is 0.0632. The summed E-state index contributed by atoms with van der Waals surface area (Å²) in [5, 5.41) is 17.1. The van der Waals surface area contributed by atoms with Crippen LogP contribution < -0.4 is 15.5 Å². The zero-order valence-electron chi connectivity index (χ0n) is 18.8. The first-order valence-electron chi connectivity index (χ1n) is 11.3. The number of benzene rings is 3. The fraction of sp³-hybridized carbons (Fsp3) is 0.192. The second-order valence-electron chi connectivity index (χ2n) is 9.34. The van der Waals surface area contributed by atoms with Crippen LogP contribution in [0.5, 0.6) is 5.75 Å². The lowest BCUT2D eigenvalue weighted by Gasteiger charge is -2.29. The van der Waals surface area contributed by atoms with Crippen molar-refractivity contribution in [3.05, 3.63) is 85.8 Å². The van der Waals surface area contributed by atoms with Crippen molar-refractivity contribution in [3.63, 3.8) is 0 Å². The summed E-state index contributed by atoms with van der Waals surface area (Å²) in [5.41, 5.74) is 0.0803. The summed E-state index contributed by atoms with van der Waals surface area (Å²) in [6, 6.07) is 13.5. The molecule has 0 bridgehead atoms. The van der Waals surface area contributed by atoms with Crippen LogP contribution in [-0.4, -0.2) is 28.9 Å². The second-order valence-corrected chi connectivity index (χ2v) is 11.1. The third kappa shape index (κ3) is 3.64.